The Labute approximate surface area is 199 Å². The summed E-state index contributed by atoms with van der Waals surface area (Å²) < 4.78 is 34.7. The summed E-state index contributed by atoms with van der Waals surface area (Å²) in [6.07, 6.45) is 3.01. The number of H-pyrrole nitrogens is 1. The first-order chi connectivity index (χ1) is 17.0. The van der Waals surface area contributed by atoms with E-state index in [4.69, 9.17) is 10.5 Å². The molecular formula is C24H23F2N7O2. The van der Waals surface area contributed by atoms with Crippen LogP contribution in [-0.4, -0.2) is 52.2 Å². The van der Waals surface area contributed by atoms with Crippen LogP contribution in [0.15, 0.2) is 48.9 Å². The second kappa shape index (κ2) is 9.65. The fraction of sp³-hybridized carbons (Fsp3) is 0.208. The van der Waals surface area contributed by atoms with Gasteiger partial charge in [0, 0.05) is 42.6 Å². The lowest BCUT2D eigenvalue weighted by molar-refractivity contribution is 0.0337. The summed E-state index contributed by atoms with van der Waals surface area (Å²) in [5.41, 5.74) is 8.43. The van der Waals surface area contributed by atoms with E-state index in [1.807, 2.05) is 0 Å². The Morgan fingerprint density at radius 1 is 1.09 bits per heavy atom. The molecule has 0 unspecified atom stereocenters. The molecule has 0 radical (unpaired) electrons. The van der Waals surface area contributed by atoms with Crippen molar-refractivity contribution in [2.75, 3.05) is 42.7 Å². The third kappa shape index (κ3) is 4.91. The molecule has 1 fully saturated rings. The molecule has 11 heteroatoms. The van der Waals surface area contributed by atoms with Crippen molar-refractivity contribution in [3.05, 3.63) is 66.1 Å². The van der Waals surface area contributed by atoms with Gasteiger partial charge in [0.25, 0.3) is 0 Å². The van der Waals surface area contributed by atoms with E-state index in [9.17, 15) is 13.6 Å². The van der Waals surface area contributed by atoms with Gasteiger partial charge >= 0.3 is 6.03 Å². The Balaban J connectivity index is 1.25. The topological polar surface area (TPSA) is 121 Å². The number of aromatic nitrogens is 3. The summed E-state index contributed by atoms with van der Waals surface area (Å²) in [6.45, 7) is 3.21. The monoisotopic (exact) mass is 479 g/mol. The minimum absolute atomic E-state index is 0.0280. The second-order valence-electron chi connectivity index (χ2n) is 8.15. The molecule has 0 bridgehead atoms. The van der Waals surface area contributed by atoms with Gasteiger partial charge in [0.2, 0.25) is 0 Å². The molecule has 0 atom stereocenters. The summed E-state index contributed by atoms with van der Waals surface area (Å²) in [5, 5.41) is 5.57. The number of anilines is 3. The molecule has 2 aromatic carbocycles. The van der Waals surface area contributed by atoms with E-state index in [-0.39, 0.29) is 17.2 Å². The Bertz CT molecular complexity index is 1390. The third-order valence-corrected chi connectivity index (χ3v) is 5.84. The summed E-state index contributed by atoms with van der Waals surface area (Å²) in [4.78, 5) is 25.6. The van der Waals surface area contributed by atoms with Crippen molar-refractivity contribution in [3.63, 3.8) is 0 Å². The number of nitrogens with zero attached hydrogens (tertiary/aromatic N) is 3. The number of benzene rings is 2. The van der Waals surface area contributed by atoms with Crippen LogP contribution < -0.4 is 16.4 Å². The van der Waals surface area contributed by atoms with E-state index < -0.39 is 17.7 Å². The van der Waals surface area contributed by atoms with Crippen LogP contribution in [0.5, 0.6) is 0 Å². The van der Waals surface area contributed by atoms with Crippen LogP contribution >= 0.6 is 0 Å². The average Bonchev–Trinajstić information content (AvgIpc) is 3.28. The van der Waals surface area contributed by atoms with Crippen molar-refractivity contribution in [1.82, 2.24) is 19.9 Å². The highest BCUT2D eigenvalue weighted by molar-refractivity contribution is 6.02. The number of fused-ring (bicyclic) bond motifs is 1. The van der Waals surface area contributed by atoms with Gasteiger partial charge < -0.3 is 26.1 Å². The predicted molar refractivity (Wildman–Crippen MR) is 129 cm³/mol. The van der Waals surface area contributed by atoms with Crippen LogP contribution in [0.3, 0.4) is 0 Å². The summed E-state index contributed by atoms with van der Waals surface area (Å²) in [5.74, 6) is -0.794. The number of hydrogen-bond donors (Lipinski definition) is 4. The van der Waals surface area contributed by atoms with E-state index in [2.05, 4.69) is 30.5 Å². The number of halogens is 2. The van der Waals surface area contributed by atoms with Crippen LogP contribution in [-0.2, 0) is 11.3 Å². The Morgan fingerprint density at radius 2 is 1.91 bits per heavy atom. The number of morpholine rings is 1. The number of nitrogens with one attached hydrogen (secondary N) is 3. The van der Waals surface area contributed by atoms with Gasteiger partial charge in [0.05, 0.1) is 24.3 Å². The van der Waals surface area contributed by atoms with E-state index in [0.717, 1.165) is 13.1 Å². The van der Waals surface area contributed by atoms with Crippen molar-refractivity contribution in [3.8, 4) is 11.1 Å². The minimum Gasteiger partial charge on any atom is -0.383 e. The van der Waals surface area contributed by atoms with Gasteiger partial charge in [-0.3, -0.25) is 4.90 Å². The standard InChI is InChI=1S/C24H23F2N7O2/c25-18-10-16(3-1-15(18)12-33-5-7-35-8-6-33)31-24(34)32-20-4-2-14(9-19(20)26)17-11-28-23-21(17)22(27)29-13-30-23/h1-4,9-11,13H,5-8,12H2,(H2,31,32,34)(H3,27,28,29,30). The fourth-order valence-electron chi connectivity index (χ4n) is 4.04. The van der Waals surface area contributed by atoms with Crippen LogP contribution in [0.2, 0.25) is 0 Å². The molecule has 5 N–H and O–H groups in total. The van der Waals surface area contributed by atoms with Gasteiger partial charge in [-0.25, -0.2) is 23.5 Å². The number of carbonyl (C=O) groups is 1. The zero-order valence-corrected chi connectivity index (χ0v) is 18.6. The molecule has 1 saturated heterocycles. The van der Waals surface area contributed by atoms with Crippen molar-refractivity contribution >= 4 is 34.3 Å². The zero-order chi connectivity index (χ0) is 24.4. The normalized spacial score (nSPS) is 14.2. The first-order valence-electron chi connectivity index (χ1n) is 11.0. The van der Waals surface area contributed by atoms with E-state index in [0.29, 0.717) is 47.5 Å². The van der Waals surface area contributed by atoms with Crippen LogP contribution in [0.25, 0.3) is 22.2 Å². The molecule has 35 heavy (non-hydrogen) atoms. The highest BCUT2D eigenvalue weighted by Gasteiger charge is 2.16. The number of ether oxygens (including phenoxy) is 1. The lowest BCUT2D eigenvalue weighted by atomic mass is 10.1. The van der Waals surface area contributed by atoms with Crippen LogP contribution in [0.4, 0.5) is 30.8 Å². The minimum atomic E-state index is -0.693. The molecule has 5 rings (SSSR count). The van der Waals surface area contributed by atoms with Crippen molar-refractivity contribution in [2.45, 2.75) is 6.54 Å². The third-order valence-electron chi connectivity index (χ3n) is 5.84. The zero-order valence-electron chi connectivity index (χ0n) is 18.6. The number of aromatic amines is 1. The van der Waals surface area contributed by atoms with Gasteiger partial charge in [-0.2, -0.15) is 0 Å². The number of urea groups is 1. The molecule has 180 valence electrons. The molecule has 4 aromatic rings. The molecule has 9 nitrogen and oxygen atoms in total. The lowest BCUT2D eigenvalue weighted by Gasteiger charge is -2.26. The molecule has 3 heterocycles. The number of amides is 2. The number of carbonyl (C=O) groups excluding carboxylic acids is 1. The van der Waals surface area contributed by atoms with E-state index in [1.165, 1.54) is 24.5 Å². The van der Waals surface area contributed by atoms with Gasteiger partial charge in [-0.15, -0.1) is 0 Å². The number of nitrogens with two attached hydrogens (primary N) is 1. The smallest absolute Gasteiger partial charge is 0.323 e. The van der Waals surface area contributed by atoms with Crippen molar-refractivity contribution < 1.29 is 18.3 Å². The van der Waals surface area contributed by atoms with Crippen LogP contribution in [0, 0.1) is 11.6 Å². The Kier molecular flexibility index (Phi) is 6.25. The molecule has 0 saturated carbocycles. The maximum Gasteiger partial charge on any atom is 0.323 e. The van der Waals surface area contributed by atoms with E-state index >= 15 is 0 Å². The number of rotatable bonds is 5. The van der Waals surface area contributed by atoms with Gasteiger partial charge in [0.1, 0.15) is 29.4 Å². The molecule has 0 spiro atoms. The molecule has 2 aromatic heterocycles. The molecular weight excluding hydrogens is 456 g/mol. The maximum atomic E-state index is 14.8. The fourth-order valence-corrected chi connectivity index (χ4v) is 4.04. The molecule has 2 amide bonds. The second-order valence-corrected chi connectivity index (χ2v) is 8.15. The van der Waals surface area contributed by atoms with Gasteiger partial charge in [-0.05, 0) is 29.8 Å². The average molecular weight is 479 g/mol. The quantitative estimate of drug-likeness (QED) is 0.344. The molecule has 1 aliphatic heterocycles. The Morgan fingerprint density at radius 3 is 2.69 bits per heavy atom. The summed E-state index contributed by atoms with van der Waals surface area (Å²) in [7, 11) is 0. The first-order valence-corrected chi connectivity index (χ1v) is 11.0. The predicted octanol–water partition coefficient (Wildman–Crippen LogP) is 3.96. The molecule has 0 aliphatic carbocycles. The number of hydrogen-bond acceptors (Lipinski definition) is 6. The largest absolute Gasteiger partial charge is 0.383 e. The van der Waals surface area contributed by atoms with Gasteiger partial charge in [-0.1, -0.05) is 12.1 Å². The SMILES string of the molecule is Nc1ncnc2[nH]cc(-c3ccc(NC(=O)Nc4ccc(CN5CCOCC5)c(F)c4)c(F)c3)c12. The first kappa shape index (κ1) is 22.7. The molecule has 1 aliphatic rings. The van der Waals surface area contributed by atoms with Gasteiger partial charge in [0.15, 0.2) is 0 Å². The van der Waals surface area contributed by atoms with Crippen molar-refractivity contribution in [1.29, 1.82) is 0 Å². The summed E-state index contributed by atoms with van der Waals surface area (Å²) >= 11 is 0. The summed E-state index contributed by atoms with van der Waals surface area (Å²) in [6, 6.07) is 8.17. The Hall–Kier alpha value is -4.09. The highest BCUT2D eigenvalue weighted by atomic mass is 19.1. The maximum absolute atomic E-state index is 14.8. The lowest BCUT2D eigenvalue weighted by Crippen LogP contribution is -2.35. The number of nitrogen functional groups attached to an aromatic ring is 1. The van der Waals surface area contributed by atoms with E-state index in [1.54, 1.807) is 24.4 Å². The van der Waals surface area contributed by atoms with Crippen molar-refractivity contribution in [2.24, 2.45) is 0 Å². The van der Waals surface area contributed by atoms with Crippen LogP contribution in [0.1, 0.15) is 5.56 Å². The highest BCUT2D eigenvalue weighted by Crippen LogP contribution is 2.32.